The van der Waals surface area contributed by atoms with Crippen LogP contribution in [0.1, 0.15) is 44.2 Å². The summed E-state index contributed by atoms with van der Waals surface area (Å²) in [5.41, 5.74) is 1.06. The minimum Gasteiger partial charge on any atom is -0.491 e. The van der Waals surface area contributed by atoms with Crippen LogP contribution in [0.3, 0.4) is 0 Å². The highest BCUT2D eigenvalue weighted by Crippen LogP contribution is 2.48. The lowest BCUT2D eigenvalue weighted by Gasteiger charge is -2.19. The maximum atomic E-state index is 13.0. The molecule has 1 aliphatic heterocycles. The number of aromatic nitrogens is 1. The van der Waals surface area contributed by atoms with E-state index in [9.17, 15) is 13.6 Å². The molecule has 2 saturated carbocycles. The van der Waals surface area contributed by atoms with E-state index in [4.69, 9.17) is 9.47 Å². The highest BCUT2D eigenvalue weighted by Gasteiger charge is 2.57. The van der Waals surface area contributed by atoms with Gasteiger partial charge < -0.3 is 19.7 Å². The van der Waals surface area contributed by atoms with Crippen LogP contribution < -0.4 is 19.7 Å². The molecule has 33 heavy (non-hydrogen) atoms. The maximum Gasteiger partial charge on any atom is 0.255 e. The number of hydrogen-bond donors (Lipinski definition) is 1. The summed E-state index contributed by atoms with van der Waals surface area (Å²) in [6.45, 7) is 3.57. The highest BCUT2D eigenvalue weighted by molar-refractivity contribution is 5.81. The van der Waals surface area contributed by atoms with Crippen LogP contribution in [0.25, 0.3) is 0 Å². The van der Waals surface area contributed by atoms with Gasteiger partial charge in [0.25, 0.3) is 5.92 Å². The Balaban J connectivity index is 1.09. The Bertz CT molecular complexity index is 979. The number of ether oxygens (including phenoxy) is 2. The molecule has 3 atom stereocenters. The molecule has 0 spiro atoms. The fourth-order valence-corrected chi connectivity index (χ4v) is 4.11. The smallest absolute Gasteiger partial charge is 0.255 e. The molecule has 2 heterocycles. The molecule has 0 bridgehead atoms. The largest absolute Gasteiger partial charge is 0.491 e. The van der Waals surface area contributed by atoms with Gasteiger partial charge in [0.2, 0.25) is 5.91 Å². The molecule has 5 rings (SSSR count). The molecule has 176 valence electrons. The second-order valence-corrected chi connectivity index (χ2v) is 9.37. The summed E-state index contributed by atoms with van der Waals surface area (Å²) < 4.78 is 37.5. The molecule has 3 fully saturated rings. The normalized spacial score (nSPS) is 24.3. The van der Waals surface area contributed by atoms with Crippen LogP contribution in [0.2, 0.25) is 0 Å². The number of nitrogens with zero attached hydrogens (tertiary/aromatic N) is 2. The number of pyridine rings is 1. The van der Waals surface area contributed by atoms with E-state index in [1.54, 1.807) is 12.3 Å². The molecule has 1 aromatic heterocycles. The highest BCUT2D eigenvalue weighted by atomic mass is 19.3. The molecular formula is C25H29F2N3O3. The van der Waals surface area contributed by atoms with E-state index in [0.717, 1.165) is 49.5 Å². The van der Waals surface area contributed by atoms with E-state index in [1.165, 1.54) is 0 Å². The summed E-state index contributed by atoms with van der Waals surface area (Å²) in [7, 11) is 0. The zero-order valence-electron chi connectivity index (χ0n) is 18.7. The lowest BCUT2D eigenvalue weighted by molar-refractivity contribution is -0.122. The molecule has 1 saturated heterocycles. The number of hydrogen-bond acceptors (Lipinski definition) is 5. The van der Waals surface area contributed by atoms with Crippen LogP contribution in [-0.2, 0) is 4.79 Å². The first-order valence-corrected chi connectivity index (χ1v) is 11.7. The summed E-state index contributed by atoms with van der Waals surface area (Å²) in [5, 5.41) is 3.06. The fraction of sp³-hybridized carbons (Fsp3) is 0.520. The van der Waals surface area contributed by atoms with Crippen LogP contribution in [0.15, 0.2) is 42.6 Å². The van der Waals surface area contributed by atoms with Crippen molar-refractivity contribution in [3.05, 3.63) is 48.2 Å². The number of anilines is 1. The summed E-state index contributed by atoms with van der Waals surface area (Å²) in [4.78, 5) is 18.5. The number of benzene rings is 1. The van der Waals surface area contributed by atoms with Gasteiger partial charge in [0, 0.05) is 25.3 Å². The van der Waals surface area contributed by atoms with Crippen molar-refractivity contribution in [2.75, 3.05) is 24.6 Å². The van der Waals surface area contributed by atoms with Crippen molar-refractivity contribution in [2.24, 2.45) is 11.8 Å². The maximum absolute atomic E-state index is 13.0. The third-order valence-electron chi connectivity index (χ3n) is 6.59. The second kappa shape index (κ2) is 8.80. The Morgan fingerprint density at radius 3 is 2.55 bits per heavy atom. The van der Waals surface area contributed by atoms with E-state index < -0.39 is 11.8 Å². The molecule has 3 aliphatic rings. The van der Waals surface area contributed by atoms with Crippen molar-refractivity contribution >= 4 is 11.7 Å². The number of carbonyl (C=O) groups excluding carboxylic acids is 1. The lowest BCUT2D eigenvalue weighted by Crippen LogP contribution is -2.27. The van der Waals surface area contributed by atoms with Gasteiger partial charge >= 0.3 is 0 Å². The van der Waals surface area contributed by atoms with Gasteiger partial charge in [-0.2, -0.15) is 0 Å². The first-order chi connectivity index (χ1) is 15.9. The predicted molar refractivity (Wildman–Crippen MR) is 120 cm³/mol. The first kappa shape index (κ1) is 21.9. The standard InChI is InChI=1S/C25H29F2N3O3/c1-16(29-24(31)18-2-3-18)17-4-6-20(7-5-17)33-22-10-11-30(14-22)23-9-8-21(13-28-23)32-15-19-12-25(19,26)27/h4-9,13,16,18-19,22H,2-3,10-12,14-15H2,1H3,(H,29,31)/t16-,19?,22?/m0/s1. The average molecular weight is 458 g/mol. The predicted octanol–water partition coefficient (Wildman–Crippen LogP) is 4.36. The van der Waals surface area contributed by atoms with E-state index in [2.05, 4.69) is 15.2 Å². The van der Waals surface area contributed by atoms with Crippen LogP contribution in [0.5, 0.6) is 11.5 Å². The van der Waals surface area contributed by atoms with Gasteiger partial charge in [0.15, 0.2) is 0 Å². The van der Waals surface area contributed by atoms with Crippen LogP contribution in [-0.4, -0.2) is 42.6 Å². The molecule has 1 amide bonds. The lowest BCUT2D eigenvalue weighted by atomic mass is 10.1. The Labute approximate surface area is 192 Å². The molecule has 2 unspecified atom stereocenters. The Kier molecular flexibility index (Phi) is 5.85. The van der Waals surface area contributed by atoms with Gasteiger partial charge in [-0.3, -0.25) is 4.79 Å². The Morgan fingerprint density at radius 1 is 1.18 bits per heavy atom. The van der Waals surface area contributed by atoms with E-state index >= 15 is 0 Å². The van der Waals surface area contributed by atoms with Gasteiger partial charge in [0.05, 0.1) is 31.3 Å². The topological polar surface area (TPSA) is 63.7 Å². The Morgan fingerprint density at radius 2 is 1.91 bits per heavy atom. The van der Waals surface area contributed by atoms with Crippen molar-refractivity contribution in [3.8, 4) is 11.5 Å². The average Bonchev–Trinajstić information content (AvgIpc) is 3.70. The van der Waals surface area contributed by atoms with Crippen molar-refractivity contribution in [2.45, 2.75) is 50.7 Å². The number of rotatable bonds is 9. The van der Waals surface area contributed by atoms with E-state index in [0.29, 0.717) is 5.75 Å². The Hall–Kier alpha value is -2.90. The van der Waals surface area contributed by atoms with Gasteiger partial charge in [-0.05, 0) is 49.6 Å². The van der Waals surface area contributed by atoms with E-state index in [1.807, 2.05) is 37.3 Å². The quantitative estimate of drug-likeness (QED) is 0.606. The second-order valence-electron chi connectivity index (χ2n) is 9.37. The summed E-state index contributed by atoms with van der Waals surface area (Å²) in [6, 6.07) is 11.5. The van der Waals surface area contributed by atoms with Crippen molar-refractivity contribution < 1.29 is 23.0 Å². The zero-order chi connectivity index (χ0) is 23.0. The first-order valence-electron chi connectivity index (χ1n) is 11.7. The third kappa shape index (κ3) is 5.37. The van der Waals surface area contributed by atoms with Gasteiger partial charge in [-0.1, -0.05) is 12.1 Å². The van der Waals surface area contributed by atoms with Gasteiger partial charge in [-0.15, -0.1) is 0 Å². The monoisotopic (exact) mass is 457 g/mol. The summed E-state index contributed by atoms with van der Waals surface area (Å²) in [6.07, 6.45) is 4.43. The van der Waals surface area contributed by atoms with Crippen LogP contribution >= 0.6 is 0 Å². The van der Waals surface area contributed by atoms with E-state index in [-0.39, 0.29) is 37.0 Å². The van der Waals surface area contributed by atoms with Gasteiger partial charge in [-0.25, -0.2) is 13.8 Å². The molecule has 2 aliphatic carbocycles. The number of carbonyl (C=O) groups is 1. The third-order valence-corrected chi connectivity index (χ3v) is 6.59. The molecule has 2 aromatic rings. The van der Waals surface area contributed by atoms with Crippen molar-refractivity contribution in [1.82, 2.24) is 10.3 Å². The number of amides is 1. The minimum absolute atomic E-state index is 0.0205. The molecule has 6 nitrogen and oxygen atoms in total. The molecule has 1 aromatic carbocycles. The minimum atomic E-state index is -2.57. The van der Waals surface area contributed by atoms with Crippen LogP contribution in [0.4, 0.5) is 14.6 Å². The molecule has 1 N–H and O–H groups in total. The number of nitrogens with one attached hydrogen (secondary N) is 1. The number of halogens is 2. The number of alkyl halides is 2. The summed E-state index contributed by atoms with van der Waals surface area (Å²) in [5.74, 6) is -0.757. The molecular weight excluding hydrogens is 428 g/mol. The zero-order valence-corrected chi connectivity index (χ0v) is 18.7. The van der Waals surface area contributed by atoms with Crippen molar-refractivity contribution in [3.63, 3.8) is 0 Å². The van der Waals surface area contributed by atoms with Gasteiger partial charge in [0.1, 0.15) is 23.4 Å². The molecule has 8 heteroatoms. The molecule has 0 radical (unpaired) electrons. The SMILES string of the molecule is C[C@H](NC(=O)C1CC1)c1ccc(OC2CCN(c3ccc(OCC4CC4(F)F)cn3)C2)cc1. The summed E-state index contributed by atoms with van der Waals surface area (Å²) >= 11 is 0. The van der Waals surface area contributed by atoms with Crippen molar-refractivity contribution in [1.29, 1.82) is 0 Å². The van der Waals surface area contributed by atoms with Crippen LogP contribution in [0, 0.1) is 11.8 Å². The fourth-order valence-electron chi connectivity index (χ4n) is 4.11.